The average Bonchev–Trinajstić information content (AvgIpc) is 2.56. The van der Waals surface area contributed by atoms with Gasteiger partial charge in [0.05, 0.1) is 6.61 Å². The van der Waals surface area contributed by atoms with Crippen LogP contribution < -0.4 is 10.1 Å². The number of hydrogen-bond acceptors (Lipinski definition) is 4. The summed E-state index contributed by atoms with van der Waals surface area (Å²) >= 11 is 0. The fourth-order valence-corrected chi connectivity index (χ4v) is 2.71. The highest BCUT2D eigenvalue weighted by Crippen LogP contribution is 2.19. The molecular weight excluding hydrogens is 294 g/mol. The third-order valence-corrected chi connectivity index (χ3v) is 3.99. The van der Waals surface area contributed by atoms with Gasteiger partial charge in [0.25, 0.3) is 5.91 Å². The minimum Gasteiger partial charge on any atom is -0.479 e. The highest BCUT2D eigenvalue weighted by atomic mass is 16.6. The van der Waals surface area contributed by atoms with Crippen molar-refractivity contribution in [2.24, 2.45) is 0 Å². The summed E-state index contributed by atoms with van der Waals surface area (Å²) in [6.45, 7) is 3.72. The summed E-state index contributed by atoms with van der Waals surface area (Å²) in [5.41, 5.74) is 0.603. The molecule has 1 aromatic rings. The first-order valence-corrected chi connectivity index (χ1v) is 8.34. The maximum Gasteiger partial charge on any atom is 0.347 e. The van der Waals surface area contributed by atoms with Crippen LogP contribution >= 0.6 is 0 Å². The maximum atomic E-state index is 12.2. The van der Waals surface area contributed by atoms with E-state index in [1.165, 1.54) is 19.3 Å². The zero-order valence-electron chi connectivity index (χ0n) is 13.8. The Hall–Kier alpha value is -2.04. The zero-order chi connectivity index (χ0) is 16.7. The van der Waals surface area contributed by atoms with Crippen molar-refractivity contribution in [1.82, 2.24) is 5.32 Å². The van der Waals surface area contributed by atoms with Gasteiger partial charge in [0.15, 0.2) is 6.10 Å². The van der Waals surface area contributed by atoms with Gasteiger partial charge in [-0.05, 0) is 51.0 Å². The second-order valence-electron chi connectivity index (χ2n) is 5.84. The van der Waals surface area contributed by atoms with Gasteiger partial charge in [-0.3, -0.25) is 4.79 Å². The number of esters is 1. The number of nitrogens with one attached hydrogen (secondary N) is 1. The van der Waals surface area contributed by atoms with Crippen molar-refractivity contribution in [2.45, 2.75) is 58.1 Å². The number of ether oxygens (including phenoxy) is 2. The van der Waals surface area contributed by atoms with Crippen LogP contribution in [0.1, 0.15) is 56.3 Å². The second kappa shape index (κ2) is 8.56. The highest BCUT2D eigenvalue weighted by Gasteiger charge is 2.18. The van der Waals surface area contributed by atoms with Crippen LogP contribution in [0, 0.1) is 0 Å². The Bertz CT molecular complexity index is 520. The molecule has 0 aromatic heterocycles. The van der Waals surface area contributed by atoms with Gasteiger partial charge in [-0.25, -0.2) is 4.79 Å². The Labute approximate surface area is 137 Å². The number of amides is 1. The van der Waals surface area contributed by atoms with Crippen LogP contribution in [-0.2, 0) is 9.53 Å². The van der Waals surface area contributed by atoms with Crippen molar-refractivity contribution >= 4 is 11.9 Å². The van der Waals surface area contributed by atoms with Crippen LogP contribution in [0.15, 0.2) is 24.3 Å². The van der Waals surface area contributed by atoms with E-state index >= 15 is 0 Å². The summed E-state index contributed by atoms with van der Waals surface area (Å²) < 4.78 is 10.4. The first kappa shape index (κ1) is 17.3. The van der Waals surface area contributed by atoms with Crippen molar-refractivity contribution in [3.05, 3.63) is 29.8 Å². The normalized spacial score (nSPS) is 16.4. The molecule has 0 spiro atoms. The van der Waals surface area contributed by atoms with E-state index in [0.717, 1.165) is 12.8 Å². The third-order valence-electron chi connectivity index (χ3n) is 3.99. The molecule has 1 amide bonds. The molecular formula is C18H25NO4. The predicted molar refractivity (Wildman–Crippen MR) is 87.5 cm³/mol. The molecule has 1 aliphatic rings. The molecule has 1 fully saturated rings. The van der Waals surface area contributed by atoms with Crippen LogP contribution in [0.3, 0.4) is 0 Å². The van der Waals surface area contributed by atoms with E-state index in [4.69, 9.17) is 9.47 Å². The van der Waals surface area contributed by atoms with Gasteiger partial charge >= 0.3 is 5.97 Å². The minimum atomic E-state index is -0.670. The van der Waals surface area contributed by atoms with Gasteiger partial charge < -0.3 is 14.8 Å². The Morgan fingerprint density at radius 2 is 1.83 bits per heavy atom. The lowest BCUT2D eigenvalue weighted by atomic mass is 9.95. The predicted octanol–water partition coefficient (Wildman–Crippen LogP) is 3.08. The number of rotatable bonds is 6. The van der Waals surface area contributed by atoms with E-state index in [9.17, 15) is 9.59 Å². The smallest absolute Gasteiger partial charge is 0.347 e. The van der Waals surface area contributed by atoms with Gasteiger partial charge in [0, 0.05) is 11.6 Å². The molecule has 0 bridgehead atoms. The molecule has 2 rings (SSSR count). The summed E-state index contributed by atoms with van der Waals surface area (Å²) in [5, 5.41) is 3.08. The van der Waals surface area contributed by atoms with Crippen LogP contribution in [0.4, 0.5) is 0 Å². The first-order valence-electron chi connectivity index (χ1n) is 8.34. The van der Waals surface area contributed by atoms with Crippen LogP contribution in [0.2, 0.25) is 0 Å². The van der Waals surface area contributed by atoms with E-state index < -0.39 is 12.1 Å². The number of carbonyl (C=O) groups is 2. The molecule has 0 radical (unpaired) electrons. The molecule has 5 heteroatoms. The minimum absolute atomic E-state index is 0.0538. The van der Waals surface area contributed by atoms with Gasteiger partial charge in [0.2, 0.25) is 0 Å². The van der Waals surface area contributed by atoms with E-state index in [1.807, 2.05) is 0 Å². The van der Waals surface area contributed by atoms with Gasteiger partial charge in [-0.2, -0.15) is 0 Å². The molecule has 1 N–H and O–H groups in total. The molecule has 1 atom stereocenters. The Kier molecular flexibility index (Phi) is 6.44. The van der Waals surface area contributed by atoms with Gasteiger partial charge in [-0.15, -0.1) is 0 Å². The lowest BCUT2D eigenvalue weighted by Crippen LogP contribution is -2.36. The monoisotopic (exact) mass is 319 g/mol. The number of benzene rings is 1. The molecule has 23 heavy (non-hydrogen) atoms. The zero-order valence-corrected chi connectivity index (χ0v) is 13.8. The van der Waals surface area contributed by atoms with Crippen molar-refractivity contribution in [3.63, 3.8) is 0 Å². The molecule has 1 aromatic carbocycles. The summed E-state index contributed by atoms with van der Waals surface area (Å²) in [6.07, 6.45) is 5.08. The van der Waals surface area contributed by atoms with Crippen molar-refractivity contribution in [3.8, 4) is 5.75 Å². The average molecular weight is 319 g/mol. The Morgan fingerprint density at radius 3 is 2.43 bits per heavy atom. The van der Waals surface area contributed by atoms with E-state index in [-0.39, 0.29) is 11.9 Å². The van der Waals surface area contributed by atoms with E-state index in [1.54, 1.807) is 38.1 Å². The summed E-state index contributed by atoms with van der Waals surface area (Å²) in [4.78, 5) is 23.7. The Balaban J connectivity index is 1.88. The molecule has 0 unspecified atom stereocenters. The summed E-state index contributed by atoms with van der Waals surface area (Å²) in [5.74, 6) is 0.0910. The largest absolute Gasteiger partial charge is 0.479 e. The SMILES string of the molecule is CCOC(=O)[C@H](C)Oc1ccc(C(=O)NC2CCCCC2)cc1. The molecule has 0 saturated heterocycles. The third kappa shape index (κ3) is 5.27. The lowest BCUT2D eigenvalue weighted by molar-refractivity contribution is -0.150. The highest BCUT2D eigenvalue weighted by molar-refractivity contribution is 5.94. The first-order chi connectivity index (χ1) is 11.1. The van der Waals surface area contributed by atoms with Crippen molar-refractivity contribution in [2.75, 3.05) is 6.61 Å². The molecule has 0 heterocycles. The van der Waals surface area contributed by atoms with E-state index in [0.29, 0.717) is 17.9 Å². The summed E-state index contributed by atoms with van der Waals surface area (Å²) in [6, 6.07) is 7.12. The standard InChI is InChI=1S/C18H25NO4/c1-3-22-18(21)13(2)23-16-11-9-14(10-12-16)17(20)19-15-7-5-4-6-8-15/h9-13,15H,3-8H2,1-2H3,(H,19,20)/t13-/m0/s1. The molecule has 5 nitrogen and oxygen atoms in total. The lowest BCUT2D eigenvalue weighted by Gasteiger charge is -2.22. The summed E-state index contributed by atoms with van der Waals surface area (Å²) in [7, 11) is 0. The van der Waals surface area contributed by atoms with Crippen molar-refractivity contribution in [1.29, 1.82) is 0 Å². The van der Waals surface area contributed by atoms with Crippen molar-refractivity contribution < 1.29 is 19.1 Å². The van der Waals surface area contributed by atoms with Gasteiger partial charge in [-0.1, -0.05) is 19.3 Å². The maximum absolute atomic E-state index is 12.2. The molecule has 1 saturated carbocycles. The van der Waals surface area contributed by atoms with Crippen LogP contribution in [-0.4, -0.2) is 30.6 Å². The Morgan fingerprint density at radius 1 is 1.17 bits per heavy atom. The molecule has 1 aliphatic carbocycles. The number of hydrogen-bond donors (Lipinski definition) is 1. The molecule has 0 aliphatic heterocycles. The van der Waals surface area contributed by atoms with Gasteiger partial charge in [0.1, 0.15) is 5.75 Å². The fraction of sp³-hybridized carbons (Fsp3) is 0.556. The van der Waals surface area contributed by atoms with E-state index in [2.05, 4.69) is 5.32 Å². The quantitative estimate of drug-likeness (QED) is 0.818. The van der Waals surface area contributed by atoms with Crippen LogP contribution in [0.5, 0.6) is 5.75 Å². The molecule has 126 valence electrons. The second-order valence-corrected chi connectivity index (χ2v) is 5.84. The topological polar surface area (TPSA) is 64.6 Å². The fourth-order valence-electron chi connectivity index (χ4n) is 2.71. The number of carbonyl (C=O) groups excluding carboxylic acids is 2. The van der Waals surface area contributed by atoms with Crippen LogP contribution in [0.25, 0.3) is 0 Å².